The number of aliphatic hydroxyl groups is 1. The summed E-state index contributed by atoms with van der Waals surface area (Å²) in [5.74, 6) is 0. The zero-order valence-corrected chi connectivity index (χ0v) is 10.3. The Morgan fingerprint density at radius 1 is 1.56 bits per heavy atom. The normalized spacial score (nSPS) is 13.0. The van der Waals surface area contributed by atoms with Gasteiger partial charge in [0.2, 0.25) is 0 Å². The molecule has 1 unspecified atom stereocenters. The molecule has 0 bridgehead atoms. The van der Waals surface area contributed by atoms with Crippen molar-refractivity contribution in [2.24, 2.45) is 0 Å². The predicted molar refractivity (Wildman–Crippen MR) is 60.6 cm³/mol. The first-order valence-electron chi connectivity index (χ1n) is 5.16. The van der Waals surface area contributed by atoms with E-state index >= 15 is 0 Å². The highest BCUT2D eigenvalue weighted by atomic mass is 35.5. The predicted octanol–water partition coefficient (Wildman–Crippen LogP) is 1.25. The summed E-state index contributed by atoms with van der Waals surface area (Å²) in [6.07, 6.45) is 0.769. The van der Waals surface area contributed by atoms with Gasteiger partial charge in [0, 0.05) is 13.7 Å². The monoisotopic (exact) mass is 248 g/mol. The van der Waals surface area contributed by atoms with Crippen LogP contribution in [0.3, 0.4) is 0 Å². The second-order valence-electron chi connectivity index (χ2n) is 3.28. The number of aromatic nitrogens is 2. The summed E-state index contributed by atoms with van der Waals surface area (Å²) >= 11 is 5.94. The Morgan fingerprint density at radius 3 is 2.94 bits per heavy atom. The summed E-state index contributed by atoms with van der Waals surface area (Å²) in [5.41, 5.74) is 0.599. The maximum atomic E-state index is 9.89. The summed E-state index contributed by atoms with van der Waals surface area (Å²) in [6.45, 7) is 3.75. The van der Waals surface area contributed by atoms with E-state index in [0.29, 0.717) is 30.5 Å². The highest BCUT2D eigenvalue weighted by Crippen LogP contribution is 2.22. The molecule has 1 rings (SSSR count). The summed E-state index contributed by atoms with van der Waals surface area (Å²) in [7, 11) is 1.60. The molecule has 1 aromatic rings. The fraction of sp³-hybridized carbons (Fsp3) is 0.700. The first-order valence-corrected chi connectivity index (χ1v) is 5.54. The van der Waals surface area contributed by atoms with Crippen LogP contribution < -0.4 is 0 Å². The number of aliphatic hydroxyl groups excluding tert-OH is 1. The number of rotatable bonds is 7. The Hall–Kier alpha value is -0.620. The fourth-order valence-corrected chi connectivity index (χ4v) is 1.64. The molecule has 0 aliphatic heterocycles. The maximum absolute atomic E-state index is 9.89. The van der Waals surface area contributed by atoms with Crippen molar-refractivity contribution < 1.29 is 14.6 Å². The lowest BCUT2D eigenvalue weighted by Gasteiger charge is -2.13. The number of nitrogens with zero attached hydrogens (tertiary/aromatic N) is 2. The molecule has 0 aliphatic rings. The van der Waals surface area contributed by atoms with Gasteiger partial charge < -0.3 is 14.6 Å². The minimum atomic E-state index is -0.758. The van der Waals surface area contributed by atoms with E-state index in [-0.39, 0.29) is 6.61 Å². The molecule has 1 N–H and O–H groups in total. The van der Waals surface area contributed by atoms with Gasteiger partial charge in [0.15, 0.2) is 0 Å². The summed E-state index contributed by atoms with van der Waals surface area (Å²) in [6, 6.07) is 0. The minimum absolute atomic E-state index is 0.189. The van der Waals surface area contributed by atoms with Gasteiger partial charge in [-0.05, 0) is 6.92 Å². The summed E-state index contributed by atoms with van der Waals surface area (Å²) in [4.78, 5) is 0. The van der Waals surface area contributed by atoms with E-state index in [1.165, 1.54) is 6.20 Å². The van der Waals surface area contributed by atoms with Crippen LogP contribution in [0.2, 0.25) is 5.02 Å². The Morgan fingerprint density at radius 2 is 2.31 bits per heavy atom. The van der Waals surface area contributed by atoms with E-state index in [2.05, 4.69) is 5.10 Å². The van der Waals surface area contributed by atoms with E-state index < -0.39 is 6.10 Å². The van der Waals surface area contributed by atoms with Crippen LogP contribution in [-0.2, 0) is 16.0 Å². The van der Waals surface area contributed by atoms with Gasteiger partial charge in [-0.1, -0.05) is 11.6 Å². The Labute approximate surface area is 99.9 Å². The second-order valence-corrected chi connectivity index (χ2v) is 3.68. The van der Waals surface area contributed by atoms with Crippen molar-refractivity contribution in [2.75, 3.05) is 26.9 Å². The molecule has 92 valence electrons. The smallest absolute Gasteiger partial charge is 0.120 e. The van der Waals surface area contributed by atoms with Gasteiger partial charge in [-0.25, -0.2) is 0 Å². The van der Waals surface area contributed by atoms with E-state index in [1.807, 2.05) is 6.92 Å². The van der Waals surface area contributed by atoms with Crippen molar-refractivity contribution in [1.82, 2.24) is 9.78 Å². The van der Waals surface area contributed by atoms with Crippen LogP contribution in [0.4, 0.5) is 0 Å². The zero-order chi connectivity index (χ0) is 12.0. The lowest BCUT2D eigenvalue weighted by molar-refractivity contribution is 0.00946. The zero-order valence-electron chi connectivity index (χ0n) is 9.52. The quantitative estimate of drug-likeness (QED) is 0.738. The van der Waals surface area contributed by atoms with E-state index in [1.54, 1.807) is 11.8 Å². The highest BCUT2D eigenvalue weighted by Gasteiger charge is 2.17. The van der Waals surface area contributed by atoms with Gasteiger partial charge in [0.25, 0.3) is 0 Å². The SMILES string of the molecule is CCn1ncc(Cl)c1C(O)COCCOC. The molecule has 6 heteroatoms. The summed E-state index contributed by atoms with van der Waals surface area (Å²) < 4.78 is 11.7. The average molecular weight is 249 g/mol. The third-order valence-corrected chi connectivity index (χ3v) is 2.45. The maximum Gasteiger partial charge on any atom is 0.120 e. The average Bonchev–Trinajstić information content (AvgIpc) is 2.65. The number of aryl methyl sites for hydroxylation is 1. The van der Waals surface area contributed by atoms with Gasteiger partial charge in [-0.15, -0.1) is 0 Å². The van der Waals surface area contributed by atoms with Gasteiger partial charge >= 0.3 is 0 Å². The minimum Gasteiger partial charge on any atom is -0.384 e. The largest absolute Gasteiger partial charge is 0.384 e. The molecule has 1 atom stereocenters. The molecule has 0 radical (unpaired) electrons. The Bertz CT molecular complexity index is 317. The number of ether oxygens (including phenoxy) is 2. The molecular formula is C10H17ClN2O3. The van der Waals surface area contributed by atoms with Gasteiger partial charge in [-0.3, -0.25) is 4.68 Å². The number of halogens is 1. The number of hydrogen-bond acceptors (Lipinski definition) is 4. The van der Waals surface area contributed by atoms with Crippen LogP contribution in [0.1, 0.15) is 18.7 Å². The third kappa shape index (κ3) is 3.45. The van der Waals surface area contributed by atoms with Crippen molar-refractivity contribution in [3.63, 3.8) is 0 Å². The molecule has 0 saturated carbocycles. The molecule has 1 heterocycles. The molecule has 0 fully saturated rings. The molecule has 0 aliphatic carbocycles. The van der Waals surface area contributed by atoms with Crippen LogP contribution >= 0.6 is 11.6 Å². The number of hydrogen-bond donors (Lipinski definition) is 1. The van der Waals surface area contributed by atoms with Crippen molar-refractivity contribution in [2.45, 2.75) is 19.6 Å². The molecule has 0 aromatic carbocycles. The third-order valence-electron chi connectivity index (χ3n) is 2.16. The molecule has 0 spiro atoms. The Kier molecular flexibility index (Phi) is 5.76. The van der Waals surface area contributed by atoms with Gasteiger partial charge in [-0.2, -0.15) is 5.10 Å². The van der Waals surface area contributed by atoms with Crippen molar-refractivity contribution >= 4 is 11.6 Å². The molecule has 0 amide bonds. The molecule has 1 aromatic heterocycles. The van der Waals surface area contributed by atoms with Crippen LogP contribution in [-0.4, -0.2) is 41.8 Å². The first kappa shape index (κ1) is 13.4. The van der Waals surface area contributed by atoms with E-state index in [0.717, 1.165) is 0 Å². The van der Waals surface area contributed by atoms with E-state index in [9.17, 15) is 5.11 Å². The molecular weight excluding hydrogens is 232 g/mol. The van der Waals surface area contributed by atoms with Crippen molar-refractivity contribution in [3.8, 4) is 0 Å². The standard InChI is InChI=1S/C10H17ClN2O3/c1-3-13-10(8(11)6-12-13)9(14)7-16-5-4-15-2/h6,9,14H,3-5,7H2,1-2H3. The fourth-order valence-electron chi connectivity index (χ4n) is 1.37. The number of methoxy groups -OCH3 is 1. The highest BCUT2D eigenvalue weighted by molar-refractivity contribution is 6.31. The summed E-state index contributed by atoms with van der Waals surface area (Å²) in [5, 5.41) is 14.4. The second kappa shape index (κ2) is 6.85. The van der Waals surface area contributed by atoms with Crippen LogP contribution in [0.5, 0.6) is 0 Å². The van der Waals surface area contributed by atoms with Crippen molar-refractivity contribution in [3.05, 3.63) is 16.9 Å². The lowest BCUT2D eigenvalue weighted by atomic mass is 10.2. The van der Waals surface area contributed by atoms with Crippen LogP contribution in [0.25, 0.3) is 0 Å². The first-order chi connectivity index (χ1) is 7.70. The Balaban J connectivity index is 2.51. The van der Waals surface area contributed by atoms with Gasteiger partial charge in [0.1, 0.15) is 6.10 Å². The molecule has 0 saturated heterocycles. The van der Waals surface area contributed by atoms with Crippen LogP contribution in [0.15, 0.2) is 6.20 Å². The van der Waals surface area contributed by atoms with E-state index in [4.69, 9.17) is 21.1 Å². The van der Waals surface area contributed by atoms with Gasteiger partial charge in [0.05, 0.1) is 36.7 Å². The topological polar surface area (TPSA) is 56.5 Å². The molecule has 16 heavy (non-hydrogen) atoms. The van der Waals surface area contributed by atoms with Crippen molar-refractivity contribution in [1.29, 1.82) is 0 Å². The molecule has 5 nitrogen and oxygen atoms in total. The van der Waals surface area contributed by atoms with Crippen LogP contribution in [0, 0.1) is 0 Å². The lowest BCUT2D eigenvalue weighted by Crippen LogP contribution is -2.15.